The lowest BCUT2D eigenvalue weighted by atomic mass is 10.1. The van der Waals surface area contributed by atoms with Crippen molar-refractivity contribution in [1.29, 1.82) is 0 Å². The quantitative estimate of drug-likeness (QED) is 0.906. The van der Waals surface area contributed by atoms with Gasteiger partial charge in [0.05, 0.1) is 13.1 Å². The predicted molar refractivity (Wildman–Crippen MR) is 70.3 cm³/mol. The standard InChI is InChI=1S/C14H18FNO4/c1-14(2,3)20-13(18)16-7-10(8-16)19-9-4-5-11(15)12(17)6-9/h4-6,10,17H,7-8H2,1-3H3. The Bertz CT molecular complexity index is 506. The van der Waals surface area contributed by atoms with Crippen molar-refractivity contribution >= 4 is 6.09 Å². The van der Waals surface area contributed by atoms with E-state index >= 15 is 0 Å². The molecule has 0 saturated carbocycles. The van der Waals surface area contributed by atoms with E-state index in [1.54, 1.807) is 20.8 Å². The molecule has 0 radical (unpaired) electrons. The summed E-state index contributed by atoms with van der Waals surface area (Å²) in [5, 5.41) is 9.23. The molecule has 1 amide bonds. The Labute approximate surface area is 116 Å². The highest BCUT2D eigenvalue weighted by molar-refractivity contribution is 5.69. The molecule has 0 aromatic heterocycles. The molecule has 2 rings (SSSR count). The number of aromatic hydroxyl groups is 1. The fourth-order valence-electron chi connectivity index (χ4n) is 1.75. The average Bonchev–Trinajstić information content (AvgIpc) is 2.25. The van der Waals surface area contributed by atoms with Crippen molar-refractivity contribution in [2.45, 2.75) is 32.5 Å². The van der Waals surface area contributed by atoms with Crippen LogP contribution in [0.4, 0.5) is 9.18 Å². The molecule has 1 aliphatic rings. The number of carbonyl (C=O) groups is 1. The molecule has 1 saturated heterocycles. The molecule has 6 heteroatoms. The Balaban J connectivity index is 1.82. The molecule has 1 aliphatic heterocycles. The Kier molecular flexibility index (Phi) is 3.74. The molecule has 0 atom stereocenters. The Morgan fingerprint density at radius 2 is 2.05 bits per heavy atom. The normalized spacial score (nSPS) is 15.7. The van der Waals surface area contributed by atoms with Crippen LogP contribution in [0.1, 0.15) is 20.8 Å². The van der Waals surface area contributed by atoms with Crippen LogP contribution in [0.5, 0.6) is 11.5 Å². The first-order valence-electron chi connectivity index (χ1n) is 6.38. The van der Waals surface area contributed by atoms with Crippen molar-refractivity contribution < 1.29 is 23.8 Å². The van der Waals surface area contributed by atoms with Gasteiger partial charge in [-0.05, 0) is 32.9 Å². The van der Waals surface area contributed by atoms with Gasteiger partial charge in [0.15, 0.2) is 11.6 Å². The number of hydrogen-bond donors (Lipinski definition) is 1. The van der Waals surface area contributed by atoms with E-state index in [2.05, 4.69) is 0 Å². The van der Waals surface area contributed by atoms with Crippen molar-refractivity contribution in [3.8, 4) is 11.5 Å². The van der Waals surface area contributed by atoms with Gasteiger partial charge in [-0.1, -0.05) is 0 Å². The second-order valence-electron chi connectivity index (χ2n) is 5.74. The van der Waals surface area contributed by atoms with E-state index in [1.807, 2.05) is 0 Å². The summed E-state index contributed by atoms with van der Waals surface area (Å²) in [4.78, 5) is 13.2. The van der Waals surface area contributed by atoms with Gasteiger partial charge >= 0.3 is 6.09 Å². The highest BCUT2D eigenvalue weighted by atomic mass is 19.1. The summed E-state index contributed by atoms with van der Waals surface area (Å²) in [5.74, 6) is -0.773. The van der Waals surface area contributed by atoms with Crippen molar-refractivity contribution in [2.75, 3.05) is 13.1 Å². The third-order valence-electron chi connectivity index (χ3n) is 2.72. The predicted octanol–water partition coefficient (Wildman–Crippen LogP) is 2.53. The SMILES string of the molecule is CC(C)(C)OC(=O)N1CC(Oc2ccc(F)c(O)c2)C1. The zero-order chi connectivity index (χ0) is 14.9. The number of phenolic OH excluding ortho intramolecular Hbond substituents is 1. The molecule has 1 N–H and O–H groups in total. The number of carbonyl (C=O) groups excluding carboxylic acids is 1. The third kappa shape index (κ3) is 3.53. The van der Waals surface area contributed by atoms with Crippen LogP contribution in [-0.2, 0) is 4.74 Å². The second kappa shape index (κ2) is 5.19. The number of hydrogen-bond acceptors (Lipinski definition) is 4. The summed E-state index contributed by atoms with van der Waals surface area (Å²) in [7, 11) is 0. The number of ether oxygens (including phenoxy) is 2. The molecule has 1 heterocycles. The second-order valence-corrected chi connectivity index (χ2v) is 5.74. The molecular weight excluding hydrogens is 265 g/mol. The summed E-state index contributed by atoms with van der Waals surface area (Å²) >= 11 is 0. The van der Waals surface area contributed by atoms with E-state index < -0.39 is 17.2 Å². The van der Waals surface area contributed by atoms with Crippen LogP contribution in [0.2, 0.25) is 0 Å². The summed E-state index contributed by atoms with van der Waals surface area (Å²) in [6.45, 7) is 6.24. The third-order valence-corrected chi connectivity index (χ3v) is 2.72. The Morgan fingerprint density at radius 3 is 2.60 bits per heavy atom. The van der Waals surface area contributed by atoms with Crippen LogP contribution < -0.4 is 4.74 Å². The van der Waals surface area contributed by atoms with Crippen molar-refractivity contribution in [3.63, 3.8) is 0 Å². The zero-order valence-corrected chi connectivity index (χ0v) is 11.7. The van der Waals surface area contributed by atoms with E-state index in [9.17, 15) is 14.3 Å². The fourth-order valence-corrected chi connectivity index (χ4v) is 1.75. The van der Waals surface area contributed by atoms with Gasteiger partial charge in [0.1, 0.15) is 17.5 Å². The van der Waals surface area contributed by atoms with Crippen molar-refractivity contribution in [1.82, 2.24) is 4.90 Å². The minimum atomic E-state index is -0.693. The van der Waals surface area contributed by atoms with Crippen LogP contribution in [0, 0.1) is 5.82 Å². The largest absolute Gasteiger partial charge is 0.505 e. The maximum atomic E-state index is 12.9. The van der Waals surface area contributed by atoms with E-state index in [-0.39, 0.29) is 12.2 Å². The molecule has 0 aliphatic carbocycles. The first kappa shape index (κ1) is 14.4. The summed E-state index contributed by atoms with van der Waals surface area (Å²) in [6.07, 6.45) is -0.549. The van der Waals surface area contributed by atoms with E-state index in [1.165, 1.54) is 17.0 Å². The first-order chi connectivity index (χ1) is 9.24. The molecule has 0 spiro atoms. The van der Waals surface area contributed by atoms with Gasteiger partial charge in [-0.2, -0.15) is 0 Å². The highest BCUT2D eigenvalue weighted by Gasteiger charge is 2.35. The molecule has 0 unspecified atom stereocenters. The van der Waals surface area contributed by atoms with E-state index in [0.29, 0.717) is 18.8 Å². The minimum absolute atomic E-state index is 0.174. The number of halogens is 1. The highest BCUT2D eigenvalue weighted by Crippen LogP contribution is 2.25. The van der Waals surface area contributed by atoms with Crippen LogP contribution in [-0.4, -0.2) is 40.9 Å². The number of likely N-dealkylation sites (tertiary alicyclic amines) is 1. The number of phenols is 1. The van der Waals surface area contributed by atoms with Crippen LogP contribution >= 0.6 is 0 Å². The van der Waals surface area contributed by atoms with Gasteiger partial charge in [-0.3, -0.25) is 0 Å². The van der Waals surface area contributed by atoms with Gasteiger partial charge < -0.3 is 19.5 Å². The lowest BCUT2D eigenvalue weighted by Gasteiger charge is -2.39. The van der Waals surface area contributed by atoms with Gasteiger partial charge in [0, 0.05) is 6.07 Å². The number of nitrogens with zero attached hydrogens (tertiary/aromatic N) is 1. The number of amides is 1. The lowest BCUT2D eigenvalue weighted by Crippen LogP contribution is -2.57. The molecule has 1 aromatic rings. The summed E-state index contributed by atoms with van der Waals surface area (Å²) in [6, 6.07) is 3.78. The molecule has 0 bridgehead atoms. The van der Waals surface area contributed by atoms with E-state index in [4.69, 9.17) is 9.47 Å². The fraction of sp³-hybridized carbons (Fsp3) is 0.500. The topological polar surface area (TPSA) is 59.0 Å². The monoisotopic (exact) mass is 283 g/mol. The smallest absolute Gasteiger partial charge is 0.410 e. The van der Waals surface area contributed by atoms with E-state index in [0.717, 1.165) is 6.07 Å². The molecular formula is C14H18FNO4. The summed E-state index contributed by atoms with van der Waals surface area (Å²) < 4.78 is 23.6. The first-order valence-corrected chi connectivity index (χ1v) is 6.38. The molecule has 1 fully saturated rings. The molecule has 5 nitrogen and oxygen atoms in total. The van der Waals surface area contributed by atoms with Crippen LogP contribution in [0.15, 0.2) is 18.2 Å². The Hall–Kier alpha value is -1.98. The minimum Gasteiger partial charge on any atom is -0.505 e. The number of benzene rings is 1. The molecule has 20 heavy (non-hydrogen) atoms. The van der Waals surface area contributed by atoms with Gasteiger partial charge in [-0.15, -0.1) is 0 Å². The number of rotatable bonds is 2. The average molecular weight is 283 g/mol. The van der Waals surface area contributed by atoms with Crippen LogP contribution in [0.25, 0.3) is 0 Å². The van der Waals surface area contributed by atoms with Crippen LogP contribution in [0.3, 0.4) is 0 Å². The molecule has 110 valence electrons. The zero-order valence-electron chi connectivity index (χ0n) is 11.7. The lowest BCUT2D eigenvalue weighted by molar-refractivity contribution is -0.0222. The summed E-state index contributed by atoms with van der Waals surface area (Å²) in [5.41, 5.74) is -0.522. The van der Waals surface area contributed by atoms with Gasteiger partial charge in [0.25, 0.3) is 0 Å². The van der Waals surface area contributed by atoms with Gasteiger partial charge in [0.2, 0.25) is 0 Å². The van der Waals surface area contributed by atoms with Gasteiger partial charge in [-0.25, -0.2) is 9.18 Å². The Morgan fingerprint density at radius 1 is 1.40 bits per heavy atom. The van der Waals surface area contributed by atoms with Crippen molar-refractivity contribution in [2.24, 2.45) is 0 Å². The maximum Gasteiger partial charge on any atom is 0.410 e. The maximum absolute atomic E-state index is 12.9. The van der Waals surface area contributed by atoms with Crippen molar-refractivity contribution in [3.05, 3.63) is 24.0 Å². The molecule has 1 aromatic carbocycles.